The second-order valence-corrected chi connectivity index (χ2v) is 24.0. The summed E-state index contributed by atoms with van der Waals surface area (Å²) in [6.07, 6.45) is 0. The molecule has 10 aromatic carbocycles. The van der Waals surface area contributed by atoms with Crippen LogP contribution >= 0.6 is 18.1 Å². The Morgan fingerprint density at radius 3 is 0.714 bits per heavy atom. The molecule has 0 bridgehead atoms. The number of methoxy groups -OCH3 is 2. The van der Waals surface area contributed by atoms with Gasteiger partial charge in [-0.2, -0.15) is 0 Å². The quantitative estimate of drug-likeness (QED) is 0.0687. The van der Waals surface area contributed by atoms with Crippen molar-refractivity contribution >= 4 is 18.1 Å². The highest BCUT2D eigenvalue weighted by Crippen LogP contribution is 2.59. The van der Waals surface area contributed by atoms with Crippen molar-refractivity contribution < 1.29 is 37.8 Å². The van der Waals surface area contributed by atoms with Gasteiger partial charge in [-0.15, -0.1) is 0 Å². The van der Waals surface area contributed by atoms with Crippen molar-refractivity contribution in [2.45, 2.75) is 74.8 Å². The predicted molar refractivity (Wildman–Crippen MR) is 342 cm³/mol. The van der Waals surface area contributed by atoms with Crippen LogP contribution in [0.2, 0.25) is 0 Å². The molecular weight excluding hydrogens is 1080 g/mol. The van der Waals surface area contributed by atoms with E-state index >= 15 is 0 Å². The molecule has 2 unspecified atom stereocenters. The first kappa shape index (κ1) is 59.3. The van der Waals surface area contributed by atoms with Gasteiger partial charge in [0.25, 0.3) is 0 Å². The second kappa shape index (κ2) is 25.1. The van der Waals surface area contributed by atoms with Gasteiger partial charge in [0.15, 0.2) is 22.4 Å². The van der Waals surface area contributed by atoms with Crippen molar-refractivity contribution in [3.8, 4) is 34.1 Å². The van der Waals surface area contributed by atoms with Crippen molar-refractivity contribution in [3.63, 3.8) is 0 Å². The molecule has 10 rings (SSSR count). The topological polar surface area (TPSA) is 95.8 Å². The minimum absolute atomic E-state index is 0.507. The molecule has 10 aromatic rings. The zero-order valence-corrected chi connectivity index (χ0v) is 50.7. The number of aliphatic hydroxyl groups is 2. The van der Waals surface area contributed by atoms with Gasteiger partial charge >= 0.3 is 0 Å². The molecule has 0 fully saturated rings. The smallest absolute Gasteiger partial charge is 0.216 e. The van der Waals surface area contributed by atoms with E-state index in [0.29, 0.717) is 78.6 Å². The van der Waals surface area contributed by atoms with Crippen molar-refractivity contribution in [2.75, 3.05) is 14.2 Å². The van der Waals surface area contributed by atoms with E-state index < -0.39 is 51.3 Å². The molecule has 0 aliphatic heterocycles. The number of ether oxygens (including phenoxy) is 2. The van der Waals surface area contributed by atoms with Crippen LogP contribution < -0.4 is 18.5 Å². The summed E-state index contributed by atoms with van der Waals surface area (Å²) < 4.78 is 42.2. The van der Waals surface area contributed by atoms with Gasteiger partial charge < -0.3 is 37.8 Å². The molecule has 0 aliphatic rings. The third-order valence-corrected chi connectivity index (χ3v) is 17.0. The lowest BCUT2D eigenvalue weighted by molar-refractivity contribution is -0.0917. The molecule has 0 amide bonds. The normalized spacial score (nSPS) is 12.6. The summed E-state index contributed by atoms with van der Waals surface area (Å²) in [6, 6.07) is 86.2. The van der Waals surface area contributed by atoms with Gasteiger partial charge in [0, 0.05) is 22.3 Å². The minimum Gasteiger partial charge on any atom is -0.497 e. The molecule has 2 atom stereocenters. The lowest BCUT2D eigenvalue weighted by Crippen LogP contribution is -2.52. The van der Waals surface area contributed by atoms with Crippen LogP contribution in [0.4, 0.5) is 0 Å². The SMILES string of the molecule is COc1cc(-c2cc(OC)cc(C(C)(C)C)c2OPOC(c2ccccc2)(c2ccccc2)C(O)(c2ccccc2)c2ccccc2)c(OPOC(c2ccccc2)(c2ccccc2)C(O)(c2ccccc2)c2ccccc2)c(C(C)(C)C)c1. The Bertz CT molecular complexity index is 3320. The Morgan fingerprint density at radius 2 is 0.512 bits per heavy atom. The fourth-order valence-electron chi connectivity index (χ4n) is 11.5. The third-order valence-electron chi connectivity index (χ3n) is 15.7. The minimum atomic E-state index is -1.83. The van der Waals surface area contributed by atoms with Gasteiger partial charge in [0.2, 0.25) is 18.1 Å². The maximum atomic E-state index is 14.2. The summed E-state index contributed by atoms with van der Waals surface area (Å²) in [7, 11) is 1.86. The van der Waals surface area contributed by atoms with Gasteiger partial charge in [0.1, 0.15) is 23.0 Å². The van der Waals surface area contributed by atoms with E-state index in [4.69, 9.17) is 27.6 Å². The van der Waals surface area contributed by atoms with Gasteiger partial charge in [-0.3, -0.25) is 0 Å². The highest BCUT2D eigenvalue weighted by molar-refractivity contribution is 7.27. The van der Waals surface area contributed by atoms with Gasteiger partial charge in [-0.1, -0.05) is 284 Å². The van der Waals surface area contributed by atoms with Crippen molar-refractivity contribution in [1.82, 2.24) is 0 Å². The zero-order chi connectivity index (χ0) is 59.0. The lowest BCUT2D eigenvalue weighted by Gasteiger charge is -2.48. The third kappa shape index (κ3) is 11.2. The van der Waals surface area contributed by atoms with Crippen molar-refractivity contribution in [2.24, 2.45) is 0 Å². The summed E-state index contributed by atoms with van der Waals surface area (Å²) in [4.78, 5) is 0. The second-order valence-electron chi connectivity index (χ2n) is 22.9. The van der Waals surface area contributed by atoms with Crippen LogP contribution in [0.1, 0.15) is 97.2 Å². The Hall–Kier alpha value is -7.90. The Morgan fingerprint density at radius 1 is 0.298 bits per heavy atom. The molecule has 0 saturated carbocycles. The molecular formula is C74H72O8P2. The van der Waals surface area contributed by atoms with E-state index in [2.05, 4.69) is 41.5 Å². The van der Waals surface area contributed by atoms with Crippen molar-refractivity contribution in [1.29, 1.82) is 0 Å². The monoisotopic (exact) mass is 1150 g/mol. The fourth-order valence-corrected chi connectivity index (χ4v) is 13.2. The average molecular weight is 1150 g/mol. The first-order valence-corrected chi connectivity index (χ1v) is 29.8. The van der Waals surface area contributed by atoms with Crippen molar-refractivity contribution in [3.05, 3.63) is 323 Å². The van der Waals surface area contributed by atoms with Crippen LogP contribution in [-0.4, -0.2) is 24.4 Å². The summed E-state index contributed by atoms with van der Waals surface area (Å²) in [5, 5.41) is 28.3. The molecule has 426 valence electrons. The van der Waals surface area contributed by atoms with Gasteiger partial charge in [0.05, 0.1) is 14.2 Å². The Balaban J connectivity index is 1.17. The lowest BCUT2D eigenvalue weighted by atomic mass is 9.66. The van der Waals surface area contributed by atoms with Gasteiger partial charge in [-0.05, 0) is 79.6 Å². The molecule has 0 aromatic heterocycles. The van der Waals surface area contributed by atoms with Crippen LogP contribution in [0, 0.1) is 0 Å². The van der Waals surface area contributed by atoms with Crippen LogP contribution in [0.15, 0.2) is 267 Å². The Labute approximate surface area is 499 Å². The molecule has 2 N–H and O–H groups in total. The number of hydrogen-bond acceptors (Lipinski definition) is 8. The molecule has 0 radical (unpaired) electrons. The zero-order valence-electron chi connectivity index (χ0n) is 48.7. The number of hydrogen-bond donors (Lipinski definition) is 2. The van der Waals surface area contributed by atoms with E-state index in [1.165, 1.54) is 0 Å². The van der Waals surface area contributed by atoms with E-state index in [-0.39, 0.29) is 0 Å². The first-order valence-electron chi connectivity index (χ1n) is 28.1. The fraction of sp³-hybridized carbons (Fsp3) is 0.189. The number of benzene rings is 10. The molecule has 8 nitrogen and oxygen atoms in total. The molecule has 0 heterocycles. The van der Waals surface area contributed by atoms with Crippen LogP contribution in [0.5, 0.6) is 23.0 Å². The summed E-state index contributed by atoms with van der Waals surface area (Å²) in [6.45, 7) is 12.8. The highest BCUT2D eigenvalue weighted by Gasteiger charge is 2.58. The molecule has 10 heteroatoms. The summed E-state index contributed by atoms with van der Waals surface area (Å²) in [5.74, 6) is 2.19. The van der Waals surface area contributed by atoms with Crippen LogP contribution in [-0.2, 0) is 42.3 Å². The standard InChI is InChI=1S/C74H72O8P2/c1-69(2,3)65-51-61(77-7)49-63(67(65)79-83-81-73(57-41-25-13-26-42-57,58-43-27-14-28-44-58)71(75,53-33-17-9-18-34-53)54-35-19-10-20-36-54)64-50-62(78-8)52-66(70(4,5)6)68(64)80-84-82-74(59-45-29-15-30-46-59,60-47-31-16-32-48-60)72(76,55-37-21-11-22-38-55)56-39-23-12-24-40-56/h9-52,75-76,83-84H,1-8H3. The summed E-state index contributed by atoms with van der Waals surface area (Å²) in [5.41, 5.74) is 0.304. The molecule has 84 heavy (non-hydrogen) atoms. The van der Waals surface area contributed by atoms with E-state index in [0.717, 1.165) is 11.1 Å². The predicted octanol–water partition coefficient (Wildman–Crippen LogP) is 17.5. The average Bonchev–Trinajstić information content (AvgIpc) is 1.59. The first-order chi connectivity index (χ1) is 40.6. The van der Waals surface area contributed by atoms with E-state index in [1.54, 1.807) is 14.2 Å². The van der Waals surface area contributed by atoms with Crippen LogP contribution in [0.25, 0.3) is 11.1 Å². The van der Waals surface area contributed by atoms with Crippen LogP contribution in [0.3, 0.4) is 0 Å². The Kier molecular flexibility index (Phi) is 17.7. The highest BCUT2D eigenvalue weighted by atomic mass is 31.1. The van der Waals surface area contributed by atoms with E-state index in [1.807, 2.05) is 267 Å². The molecule has 0 aliphatic carbocycles. The van der Waals surface area contributed by atoms with E-state index in [9.17, 15) is 10.2 Å². The largest absolute Gasteiger partial charge is 0.497 e. The number of rotatable bonds is 21. The molecule has 0 saturated heterocycles. The maximum absolute atomic E-state index is 14.2. The maximum Gasteiger partial charge on any atom is 0.216 e. The van der Waals surface area contributed by atoms with Gasteiger partial charge in [-0.25, -0.2) is 0 Å². The summed E-state index contributed by atoms with van der Waals surface area (Å²) >= 11 is 0. The molecule has 0 spiro atoms.